The van der Waals surface area contributed by atoms with Crippen molar-refractivity contribution in [1.29, 1.82) is 0 Å². The monoisotopic (exact) mass is 274 g/mol. The molecule has 0 heterocycles. The second-order valence-electron chi connectivity index (χ2n) is 4.20. The summed E-state index contributed by atoms with van der Waals surface area (Å²) in [7, 11) is 0. The number of nitro groups is 1. The molecule has 0 aliphatic carbocycles. The molecule has 0 saturated carbocycles. The number of benzene rings is 2. The molecular formula is C14H11FN2O3. The van der Waals surface area contributed by atoms with E-state index in [2.05, 4.69) is 5.32 Å². The number of hydrogen-bond donors (Lipinski definition) is 1. The molecule has 0 radical (unpaired) electrons. The molecule has 2 aromatic rings. The van der Waals surface area contributed by atoms with E-state index in [0.29, 0.717) is 5.56 Å². The Labute approximate surface area is 114 Å². The van der Waals surface area contributed by atoms with E-state index in [-0.39, 0.29) is 16.9 Å². The lowest BCUT2D eigenvalue weighted by Crippen LogP contribution is -2.13. The van der Waals surface area contributed by atoms with E-state index in [1.807, 2.05) is 0 Å². The SMILES string of the molecule is Cc1cc(F)c(NC(=O)c2ccccc2)cc1[N+](=O)[O-]. The molecule has 6 heteroatoms. The Hall–Kier alpha value is -2.76. The fourth-order valence-corrected chi connectivity index (χ4v) is 1.74. The number of nitro benzene ring substituents is 1. The highest BCUT2D eigenvalue weighted by atomic mass is 19.1. The Kier molecular flexibility index (Phi) is 3.74. The molecule has 0 fully saturated rings. The normalized spacial score (nSPS) is 10.1. The smallest absolute Gasteiger partial charge is 0.274 e. The van der Waals surface area contributed by atoms with E-state index in [1.165, 1.54) is 6.92 Å². The first-order chi connectivity index (χ1) is 9.49. The van der Waals surface area contributed by atoms with Crippen molar-refractivity contribution >= 4 is 17.3 Å². The van der Waals surface area contributed by atoms with E-state index >= 15 is 0 Å². The van der Waals surface area contributed by atoms with Crippen molar-refractivity contribution in [3.63, 3.8) is 0 Å². The van der Waals surface area contributed by atoms with Gasteiger partial charge in [0.25, 0.3) is 11.6 Å². The molecule has 2 rings (SSSR count). The number of amides is 1. The van der Waals surface area contributed by atoms with Gasteiger partial charge in [0.15, 0.2) is 0 Å². The predicted octanol–water partition coefficient (Wildman–Crippen LogP) is 3.29. The summed E-state index contributed by atoms with van der Waals surface area (Å²) in [5.74, 6) is -1.24. The summed E-state index contributed by atoms with van der Waals surface area (Å²) in [6.45, 7) is 1.43. The van der Waals surface area contributed by atoms with Crippen molar-refractivity contribution in [3.05, 3.63) is 69.5 Å². The summed E-state index contributed by atoms with van der Waals surface area (Å²) in [6.07, 6.45) is 0. The standard InChI is InChI=1S/C14H11FN2O3/c1-9-7-11(15)12(8-13(9)17(19)20)16-14(18)10-5-3-2-4-6-10/h2-8H,1H3,(H,16,18). The van der Waals surface area contributed by atoms with Gasteiger partial charge in [0.1, 0.15) is 5.82 Å². The van der Waals surface area contributed by atoms with Crippen LogP contribution in [-0.4, -0.2) is 10.8 Å². The van der Waals surface area contributed by atoms with Gasteiger partial charge in [0, 0.05) is 17.2 Å². The summed E-state index contributed by atoms with van der Waals surface area (Å²) < 4.78 is 13.7. The van der Waals surface area contributed by atoms with E-state index < -0.39 is 16.6 Å². The zero-order valence-corrected chi connectivity index (χ0v) is 10.6. The molecule has 0 aliphatic heterocycles. The molecule has 1 N–H and O–H groups in total. The third-order valence-corrected chi connectivity index (χ3v) is 2.77. The highest BCUT2D eigenvalue weighted by molar-refractivity contribution is 6.04. The molecule has 20 heavy (non-hydrogen) atoms. The van der Waals surface area contributed by atoms with Crippen LogP contribution in [-0.2, 0) is 0 Å². The van der Waals surface area contributed by atoms with Crippen LogP contribution in [0.15, 0.2) is 42.5 Å². The predicted molar refractivity (Wildman–Crippen MR) is 72.2 cm³/mol. The van der Waals surface area contributed by atoms with Gasteiger partial charge < -0.3 is 5.32 Å². The van der Waals surface area contributed by atoms with Crippen LogP contribution in [0.2, 0.25) is 0 Å². The van der Waals surface area contributed by atoms with Crippen LogP contribution in [0.1, 0.15) is 15.9 Å². The van der Waals surface area contributed by atoms with Gasteiger partial charge in [-0.05, 0) is 25.1 Å². The molecule has 0 atom stereocenters. The number of halogens is 1. The molecule has 0 unspecified atom stereocenters. The lowest BCUT2D eigenvalue weighted by Gasteiger charge is -2.07. The summed E-state index contributed by atoms with van der Waals surface area (Å²) >= 11 is 0. The van der Waals surface area contributed by atoms with Crippen LogP contribution in [0, 0.1) is 22.9 Å². The minimum absolute atomic E-state index is 0.199. The summed E-state index contributed by atoms with van der Waals surface area (Å²) in [4.78, 5) is 22.1. The Morgan fingerprint density at radius 2 is 1.90 bits per heavy atom. The highest BCUT2D eigenvalue weighted by Crippen LogP contribution is 2.26. The third-order valence-electron chi connectivity index (χ3n) is 2.77. The van der Waals surface area contributed by atoms with E-state index in [0.717, 1.165) is 12.1 Å². The fraction of sp³-hybridized carbons (Fsp3) is 0.0714. The summed E-state index contributed by atoms with van der Waals surface area (Å²) in [6, 6.07) is 10.3. The van der Waals surface area contributed by atoms with Gasteiger partial charge in [-0.25, -0.2) is 4.39 Å². The first-order valence-corrected chi connectivity index (χ1v) is 5.80. The van der Waals surface area contributed by atoms with Gasteiger partial charge in [-0.3, -0.25) is 14.9 Å². The van der Waals surface area contributed by atoms with E-state index in [4.69, 9.17) is 0 Å². The Morgan fingerprint density at radius 3 is 2.50 bits per heavy atom. The minimum Gasteiger partial charge on any atom is -0.319 e. The maximum absolute atomic E-state index is 13.7. The molecule has 102 valence electrons. The van der Waals surface area contributed by atoms with Crippen LogP contribution in [0.25, 0.3) is 0 Å². The quantitative estimate of drug-likeness (QED) is 0.689. The van der Waals surface area contributed by atoms with Crippen molar-refractivity contribution in [2.75, 3.05) is 5.32 Å². The third kappa shape index (κ3) is 2.80. The summed E-state index contributed by atoms with van der Waals surface area (Å²) in [5, 5.41) is 13.1. The van der Waals surface area contributed by atoms with Crippen molar-refractivity contribution in [1.82, 2.24) is 0 Å². The van der Waals surface area contributed by atoms with Crippen molar-refractivity contribution in [3.8, 4) is 0 Å². The molecule has 0 saturated heterocycles. The fourth-order valence-electron chi connectivity index (χ4n) is 1.74. The number of carbonyl (C=O) groups excluding carboxylic acids is 1. The zero-order valence-electron chi connectivity index (χ0n) is 10.6. The molecule has 0 aliphatic rings. The second kappa shape index (κ2) is 5.48. The lowest BCUT2D eigenvalue weighted by atomic mass is 10.1. The molecule has 5 nitrogen and oxygen atoms in total. The lowest BCUT2D eigenvalue weighted by molar-refractivity contribution is -0.385. The van der Waals surface area contributed by atoms with Crippen LogP contribution in [0.4, 0.5) is 15.8 Å². The number of nitrogens with zero attached hydrogens (tertiary/aromatic N) is 1. The zero-order chi connectivity index (χ0) is 14.7. The largest absolute Gasteiger partial charge is 0.319 e. The number of carbonyl (C=O) groups is 1. The minimum atomic E-state index is -0.711. The molecule has 0 spiro atoms. The van der Waals surface area contributed by atoms with Crippen LogP contribution in [0.5, 0.6) is 0 Å². The van der Waals surface area contributed by atoms with Gasteiger partial charge in [-0.15, -0.1) is 0 Å². The topological polar surface area (TPSA) is 72.2 Å². The number of nitrogens with one attached hydrogen (secondary N) is 1. The van der Waals surface area contributed by atoms with Gasteiger partial charge in [0.05, 0.1) is 10.6 Å². The maximum atomic E-state index is 13.7. The van der Waals surface area contributed by atoms with Crippen LogP contribution < -0.4 is 5.32 Å². The van der Waals surface area contributed by atoms with Crippen LogP contribution >= 0.6 is 0 Å². The highest BCUT2D eigenvalue weighted by Gasteiger charge is 2.17. The molecule has 0 aromatic heterocycles. The summed E-state index contributed by atoms with van der Waals surface area (Å²) in [5.41, 5.74) is 0.0891. The average Bonchev–Trinajstić information content (AvgIpc) is 2.42. The molecule has 1 amide bonds. The second-order valence-corrected chi connectivity index (χ2v) is 4.20. The van der Waals surface area contributed by atoms with Crippen molar-refractivity contribution < 1.29 is 14.1 Å². The first-order valence-electron chi connectivity index (χ1n) is 5.80. The number of rotatable bonds is 3. The number of hydrogen-bond acceptors (Lipinski definition) is 3. The van der Waals surface area contributed by atoms with E-state index in [1.54, 1.807) is 30.3 Å². The van der Waals surface area contributed by atoms with Gasteiger partial charge in [-0.1, -0.05) is 18.2 Å². The Balaban J connectivity index is 2.32. The average molecular weight is 274 g/mol. The van der Waals surface area contributed by atoms with E-state index in [9.17, 15) is 19.3 Å². The van der Waals surface area contributed by atoms with Gasteiger partial charge in [0.2, 0.25) is 0 Å². The molecular weight excluding hydrogens is 263 g/mol. The first kappa shape index (κ1) is 13.7. The van der Waals surface area contributed by atoms with Gasteiger partial charge in [-0.2, -0.15) is 0 Å². The maximum Gasteiger partial charge on any atom is 0.274 e. The van der Waals surface area contributed by atoms with Crippen molar-refractivity contribution in [2.45, 2.75) is 6.92 Å². The van der Waals surface area contributed by atoms with Gasteiger partial charge >= 0.3 is 0 Å². The Morgan fingerprint density at radius 1 is 1.25 bits per heavy atom. The number of anilines is 1. The molecule has 0 bridgehead atoms. The molecule has 2 aromatic carbocycles. The Bertz CT molecular complexity index is 672. The van der Waals surface area contributed by atoms with Crippen molar-refractivity contribution in [2.24, 2.45) is 0 Å². The number of aryl methyl sites for hydroxylation is 1. The van der Waals surface area contributed by atoms with Crippen LogP contribution in [0.3, 0.4) is 0 Å².